The lowest BCUT2D eigenvalue weighted by molar-refractivity contribution is -0.134. The molecule has 6 heteroatoms. The summed E-state index contributed by atoms with van der Waals surface area (Å²) < 4.78 is 4.50. The van der Waals surface area contributed by atoms with Crippen LogP contribution < -0.4 is 0 Å². The smallest absolute Gasteiger partial charge is 0.362 e. The first-order valence-electron chi connectivity index (χ1n) is 3.25. The minimum Gasteiger partial charge on any atom is -0.461 e. The molecule has 0 atom stereocenters. The van der Waals surface area contributed by atoms with E-state index < -0.39 is 11.7 Å². The fourth-order valence-corrected chi connectivity index (χ4v) is 0.508. The van der Waals surface area contributed by atoms with E-state index >= 15 is 0 Å². The number of hydrogen-bond acceptors (Lipinski definition) is 6. The van der Waals surface area contributed by atoms with Crippen LogP contribution in [0.5, 0.6) is 0 Å². The molecule has 0 aromatic heterocycles. The van der Waals surface area contributed by atoms with Crippen molar-refractivity contribution in [3.63, 3.8) is 0 Å². The number of carbonyl (C=O) groups excluding carboxylic acids is 1. The van der Waals surface area contributed by atoms with Gasteiger partial charge in [-0.25, -0.2) is 4.79 Å². The van der Waals surface area contributed by atoms with E-state index in [1.807, 2.05) is 0 Å². The number of rotatable bonds is 3. The number of ether oxygens (including phenoxy) is 1. The summed E-state index contributed by atoms with van der Waals surface area (Å²) in [6.45, 7) is 3.08. The first-order chi connectivity index (χ1) is 5.67. The van der Waals surface area contributed by atoms with Crippen molar-refractivity contribution in [3.8, 4) is 0 Å². The molecule has 0 rings (SSSR count). The molecule has 0 fully saturated rings. The van der Waals surface area contributed by atoms with Crippen LogP contribution in [0.15, 0.2) is 10.3 Å². The molecule has 0 aliphatic heterocycles. The molecule has 12 heavy (non-hydrogen) atoms. The Hall–Kier alpha value is -1.59. The third kappa shape index (κ3) is 2.57. The van der Waals surface area contributed by atoms with Crippen LogP contribution in [0, 0.1) is 0 Å². The molecule has 0 amide bonds. The predicted octanol–water partition coefficient (Wildman–Crippen LogP) is 0.230. The summed E-state index contributed by atoms with van der Waals surface area (Å²) in [6, 6.07) is 0. The van der Waals surface area contributed by atoms with Gasteiger partial charge in [0.25, 0.3) is 0 Å². The fourth-order valence-electron chi connectivity index (χ4n) is 0.508. The number of esters is 1. The van der Waals surface area contributed by atoms with E-state index in [0.29, 0.717) is 0 Å². The first kappa shape index (κ1) is 10.4. The Bertz CT molecular complexity index is 222. The molecule has 0 spiro atoms. The number of carbonyl (C=O) groups is 1. The van der Waals surface area contributed by atoms with Gasteiger partial charge in [-0.3, -0.25) is 0 Å². The second-order valence-electron chi connectivity index (χ2n) is 1.85. The Morgan fingerprint density at radius 3 is 2.33 bits per heavy atom. The Morgan fingerprint density at radius 2 is 2.00 bits per heavy atom. The van der Waals surface area contributed by atoms with Crippen molar-refractivity contribution in [2.45, 2.75) is 13.8 Å². The van der Waals surface area contributed by atoms with Gasteiger partial charge >= 0.3 is 5.97 Å². The molecule has 0 bridgehead atoms. The van der Waals surface area contributed by atoms with Gasteiger partial charge in [0, 0.05) is 0 Å². The summed E-state index contributed by atoms with van der Waals surface area (Å²) in [7, 11) is 0. The average molecular weight is 174 g/mol. The second kappa shape index (κ2) is 5.11. The summed E-state index contributed by atoms with van der Waals surface area (Å²) in [5, 5.41) is 21.9. The maximum Gasteiger partial charge on any atom is 0.362 e. The van der Waals surface area contributed by atoms with Gasteiger partial charge in [-0.1, -0.05) is 10.3 Å². The number of nitrogens with zero attached hydrogens (tertiary/aromatic N) is 2. The Kier molecular flexibility index (Phi) is 4.43. The normalized spacial score (nSPS) is 12.8. The second-order valence-corrected chi connectivity index (χ2v) is 1.85. The van der Waals surface area contributed by atoms with Gasteiger partial charge in [-0.05, 0) is 13.8 Å². The Balaban J connectivity index is 4.48. The minimum absolute atomic E-state index is 0.101. The monoisotopic (exact) mass is 174 g/mol. The fraction of sp³-hybridized carbons (Fsp3) is 0.500. The maximum atomic E-state index is 10.9. The molecular formula is C6H10N2O4. The van der Waals surface area contributed by atoms with Gasteiger partial charge < -0.3 is 15.2 Å². The molecule has 0 saturated heterocycles. The van der Waals surface area contributed by atoms with E-state index in [-0.39, 0.29) is 12.3 Å². The van der Waals surface area contributed by atoms with Crippen LogP contribution in [-0.2, 0) is 9.53 Å². The molecule has 0 aliphatic rings. The van der Waals surface area contributed by atoms with Crippen molar-refractivity contribution in [2.24, 2.45) is 10.3 Å². The quantitative estimate of drug-likeness (QED) is 0.277. The van der Waals surface area contributed by atoms with Gasteiger partial charge in [-0.15, -0.1) is 0 Å². The van der Waals surface area contributed by atoms with Gasteiger partial charge in [0.2, 0.25) is 5.71 Å². The molecule has 0 aromatic rings. The van der Waals surface area contributed by atoms with Crippen molar-refractivity contribution >= 4 is 17.4 Å². The topological polar surface area (TPSA) is 91.5 Å². The van der Waals surface area contributed by atoms with E-state index in [0.717, 1.165) is 0 Å². The first-order valence-corrected chi connectivity index (χ1v) is 3.25. The molecular weight excluding hydrogens is 164 g/mol. The van der Waals surface area contributed by atoms with E-state index in [9.17, 15) is 4.79 Å². The van der Waals surface area contributed by atoms with Crippen LogP contribution in [0.3, 0.4) is 0 Å². The molecule has 0 aliphatic carbocycles. The highest BCUT2D eigenvalue weighted by Crippen LogP contribution is 1.88. The van der Waals surface area contributed by atoms with Crippen molar-refractivity contribution in [1.29, 1.82) is 0 Å². The molecule has 2 N–H and O–H groups in total. The lowest BCUT2D eigenvalue weighted by atomic mass is 10.2. The maximum absolute atomic E-state index is 10.9. The van der Waals surface area contributed by atoms with Gasteiger partial charge in [0.1, 0.15) is 5.71 Å². The zero-order valence-electron chi connectivity index (χ0n) is 6.81. The van der Waals surface area contributed by atoms with Crippen molar-refractivity contribution in [2.75, 3.05) is 6.61 Å². The lowest BCUT2D eigenvalue weighted by Gasteiger charge is -2.00. The van der Waals surface area contributed by atoms with Crippen LogP contribution in [-0.4, -0.2) is 34.4 Å². The third-order valence-corrected chi connectivity index (χ3v) is 1.06. The highest BCUT2D eigenvalue weighted by Gasteiger charge is 2.16. The summed E-state index contributed by atoms with van der Waals surface area (Å²) in [5.74, 6) is -0.824. The van der Waals surface area contributed by atoms with E-state index in [4.69, 9.17) is 10.4 Å². The minimum atomic E-state index is -0.824. The average Bonchev–Trinajstić information content (AvgIpc) is 2.06. The Morgan fingerprint density at radius 1 is 1.42 bits per heavy atom. The van der Waals surface area contributed by atoms with E-state index in [1.54, 1.807) is 6.92 Å². The molecule has 0 aromatic carbocycles. The summed E-state index contributed by atoms with van der Waals surface area (Å²) in [5.41, 5.74) is -0.504. The molecule has 0 radical (unpaired) electrons. The largest absolute Gasteiger partial charge is 0.461 e. The van der Waals surface area contributed by atoms with E-state index in [2.05, 4.69) is 15.0 Å². The van der Waals surface area contributed by atoms with Crippen LogP contribution in [0.25, 0.3) is 0 Å². The lowest BCUT2D eigenvalue weighted by Crippen LogP contribution is -2.24. The number of oxime groups is 2. The number of hydrogen-bond donors (Lipinski definition) is 2. The van der Waals surface area contributed by atoms with Crippen LogP contribution >= 0.6 is 0 Å². The molecule has 0 unspecified atom stereocenters. The molecule has 0 heterocycles. The van der Waals surface area contributed by atoms with Gasteiger partial charge in [-0.2, -0.15) is 0 Å². The van der Waals surface area contributed by atoms with Crippen molar-refractivity contribution in [3.05, 3.63) is 0 Å². The highest BCUT2D eigenvalue weighted by atomic mass is 16.5. The summed E-state index contributed by atoms with van der Waals surface area (Å²) >= 11 is 0. The zero-order chi connectivity index (χ0) is 9.56. The predicted molar refractivity (Wildman–Crippen MR) is 40.8 cm³/mol. The molecule has 6 nitrogen and oxygen atoms in total. The van der Waals surface area contributed by atoms with E-state index in [1.165, 1.54) is 6.92 Å². The molecule has 0 saturated carbocycles. The highest BCUT2D eigenvalue weighted by molar-refractivity contribution is 6.65. The van der Waals surface area contributed by atoms with Crippen LogP contribution in [0.2, 0.25) is 0 Å². The standard InChI is InChI=1S/C6H10N2O4/c1-3-12-6(9)5(8-11)4(2)7-10/h10-11H,3H2,1-2H3/b7-4+,8-5-. The summed E-state index contributed by atoms with van der Waals surface area (Å²) in [6.07, 6.45) is 0. The zero-order valence-corrected chi connectivity index (χ0v) is 6.81. The third-order valence-electron chi connectivity index (χ3n) is 1.06. The SMILES string of the molecule is CCOC(=O)C(=N\O)/C(C)=N/O. The Labute approximate surface area is 69.1 Å². The van der Waals surface area contributed by atoms with Gasteiger partial charge in [0.15, 0.2) is 0 Å². The van der Waals surface area contributed by atoms with Crippen molar-refractivity contribution in [1.82, 2.24) is 0 Å². The van der Waals surface area contributed by atoms with Crippen LogP contribution in [0.4, 0.5) is 0 Å². The van der Waals surface area contributed by atoms with Crippen molar-refractivity contribution < 1.29 is 19.9 Å². The molecule has 68 valence electrons. The van der Waals surface area contributed by atoms with Crippen LogP contribution in [0.1, 0.15) is 13.8 Å². The summed E-state index contributed by atoms with van der Waals surface area (Å²) in [4.78, 5) is 10.9. The van der Waals surface area contributed by atoms with Gasteiger partial charge in [0.05, 0.1) is 6.61 Å².